The highest BCUT2D eigenvalue weighted by atomic mass is 16.1. The Kier molecular flexibility index (Phi) is 4.76. The molecule has 0 bridgehead atoms. The molecule has 0 amide bonds. The number of carbonyl (C=O) groups excluding carboxylic acids is 1. The molecule has 3 rings (SSSR count). The third kappa shape index (κ3) is 3.14. The molecule has 1 aliphatic carbocycles. The summed E-state index contributed by atoms with van der Waals surface area (Å²) in [6.45, 7) is 4.36. The quantitative estimate of drug-likeness (QED) is 0.730. The van der Waals surface area contributed by atoms with Gasteiger partial charge in [0.25, 0.3) is 0 Å². The van der Waals surface area contributed by atoms with Gasteiger partial charge in [0.15, 0.2) is 0 Å². The van der Waals surface area contributed by atoms with Crippen LogP contribution in [-0.2, 0) is 4.79 Å². The SMILES string of the molecule is CCC1C(=O)CCC(=C(c2ccccc2)c2ccccc2)C1C. The van der Waals surface area contributed by atoms with E-state index in [1.54, 1.807) is 0 Å². The third-order valence-corrected chi connectivity index (χ3v) is 5.09. The molecule has 1 saturated carbocycles. The topological polar surface area (TPSA) is 17.1 Å². The van der Waals surface area contributed by atoms with Crippen LogP contribution in [0, 0.1) is 11.8 Å². The summed E-state index contributed by atoms with van der Waals surface area (Å²) in [6, 6.07) is 21.2. The number of rotatable bonds is 3. The molecule has 0 spiro atoms. The van der Waals surface area contributed by atoms with Crippen molar-refractivity contribution in [3.8, 4) is 0 Å². The Bertz CT molecular complexity index is 656. The molecule has 118 valence electrons. The third-order valence-electron chi connectivity index (χ3n) is 5.09. The first-order valence-electron chi connectivity index (χ1n) is 8.59. The predicted octanol–water partition coefficient (Wildman–Crippen LogP) is 5.51. The van der Waals surface area contributed by atoms with Gasteiger partial charge in [-0.1, -0.05) is 80.1 Å². The molecule has 1 fully saturated rings. The predicted molar refractivity (Wildman–Crippen MR) is 96.1 cm³/mol. The van der Waals surface area contributed by atoms with Crippen LogP contribution in [0.5, 0.6) is 0 Å². The standard InChI is InChI=1S/C22H24O/c1-3-19-16(2)20(14-15-21(19)23)22(17-10-6-4-7-11-17)18-12-8-5-9-13-18/h4-13,16,19H,3,14-15H2,1-2H3. The molecule has 2 aromatic rings. The fraction of sp³-hybridized carbons (Fsp3) is 0.318. The lowest BCUT2D eigenvalue weighted by molar-refractivity contribution is -0.125. The van der Waals surface area contributed by atoms with Gasteiger partial charge in [0, 0.05) is 12.3 Å². The van der Waals surface area contributed by atoms with Crippen molar-refractivity contribution in [2.24, 2.45) is 11.8 Å². The highest BCUT2D eigenvalue weighted by Gasteiger charge is 2.32. The van der Waals surface area contributed by atoms with Crippen LogP contribution in [0.2, 0.25) is 0 Å². The van der Waals surface area contributed by atoms with E-state index in [0.29, 0.717) is 18.1 Å². The Morgan fingerprint density at radius 2 is 1.43 bits per heavy atom. The summed E-state index contributed by atoms with van der Waals surface area (Å²) in [5, 5.41) is 0. The number of carbonyl (C=O) groups is 1. The highest BCUT2D eigenvalue weighted by molar-refractivity contribution is 5.88. The summed E-state index contributed by atoms with van der Waals surface area (Å²) in [7, 11) is 0. The van der Waals surface area contributed by atoms with Crippen LogP contribution in [0.15, 0.2) is 66.2 Å². The molecule has 0 aliphatic heterocycles. The number of benzene rings is 2. The second-order valence-electron chi connectivity index (χ2n) is 6.40. The van der Waals surface area contributed by atoms with E-state index in [1.807, 2.05) is 0 Å². The molecule has 0 heterocycles. The van der Waals surface area contributed by atoms with Gasteiger partial charge in [0.2, 0.25) is 0 Å². The number of hydrogen-bond acceptors (Lipinski definition) is 1. The number of Topliss-reactive ketones (excluding diaryl/α,β-unsaturated/α-hetero) is 1. The molecule has 1 aliphatic rings. The van der Waals surface area contributed by atoms with Crippen LogP contribution < -0.4 is 0 Å². The lowest BCUT2D eigenvalue weighted by atomic mass is 9.71. The van der Waals surface area contributed by atoms with Crippen LogP contribution >= 0.6 is 0 Å². The molecule has 1 heteroatoms. The van der Waals surface area contributed by atoms with Crippen molar-refractivity contribution in [1.82, 2.24) is 0 Å². The molecule has 2 unspecified atom stereocenters. The molecule has 0 radical (unpaired) electrons. The zero-order valence-electron chi connectivity index (χ0n) is 14.0. The van der Waals surface area contributed by atoms with E-state index >= 15 is 0 Å². The van der Waals surface area contributed by atoms with Crippen molar-refractivity contribution >= 4 is 11.4 Å². The summed E-state index contributed by atoms with van der Waals surface area (Å²) in [5.41, 5.74) is 5.27. The molecular formula is C22H24O. The molecule has 0 N–H and O–H groups in total. The van der Waals surface area contributed by atoms with Gasteiger partial charge in [0.1, 0.15) is 5.78 Å². The maximum atomic E-state index is 12.3. The fourth-order valence-corrected chi connectivity index (χ4v) is 3.87. The van der Waals surface area contributed by atoms with Crippen LogP contribution in [0.3, 0.4) is 0 Å². The Morgan fingerprint density at radius 1 is 0.913 bits per heavy atom. The summed E-state index contributed by atoms with van der Waals surface area (Å²) in [6.07, 6.45) is 2.50. The minimum Gasteiger partial charge on any atom is -0.299 e. The van der Waals surface area contributed by atoms with Crippen molar-refractivity contribution in [2.75, 3.05) is 0 Å². The van der Waals surface area contributed by atoms with Gasteiger partial charge in [-0.25, -0.2) is 0 Å². The Balaban J connectivity index is 2.17. The molecule has 2 atom stereocenters. The Labute approximate surface area is 139 Å². The maximum Gasteiger partial charge on any atom is 0.136 e. The van der Waals surface area contributed by atoms with Gasteiger partial charge in [-0.3, -0.25) is 4.79 Å². The van der Waals surface area contributed by atoms with Gasteiger partial charge in [-0.2, -0.15) is 0 Å². The average molecular weight is 304 g/mol. The summed E-state index contributed by atoms with van der Waals surface area (Å²) < 4.78 is 0. The molecule has 23 heavy (non-hydrogen) atoms. The van der Waals surface area contributed by atoms with Crippen molar-refractivity contribution in [3.63, 3.8) is 0 Å². The zero-order chi connectivity index (χ0) is 16.2. The van der Waals surface area contributed by atoms with Gasteiger partial charge in [-0.05, 0) is 35.5 Å². The zero-order valence-corrected chi connectivity index (χ0v) is 14.0. The van der Waals surface area contributed by atoms with Gasteiger partial charge in [-0.15, -0.1) is 0 Å². The van der Waals surface area contributed by atoms with E-state index in [0.717, 1.165) is 12.8 Å². The van der Waals surface area contributed by atoms with Gasteiger partial charge < -0.3 is 0 Å². The number of hydrogen-bond donors (Lipinski definition) is 0. The summed E-state index contributed by atoms with van der Waals surface area (Å²) in [4.78, 5) is 12.3. The van der Waals surface area contributed by atoms with E-state index in [4.69, 9.17) is 0 Å². The van der Waals surface area contributed by atoms with E-state index in [-0.39, 0.29) is 5.92 Å². The summed E-state index contributed by atoms with van der Waals surface area (Å²) in [5.74, 6) is 0.919. The van der Waals surface area contributed by atoms with Crippen molar-refractivity contribution < 1.29 is 4.79 Å². The first kappa shape index (κ1) is 15.7. The molecule has 0 aromatic heterocycles. The molecular weight excluding hydrogens is 280 g/mol. The second kappa shape index (κ2) is 6.95. The lowest BCUT2D eigenvalue weighted by Gasteiger charge is -2.32. The highest BCUT2D eigenvalue weighted by Crippen LogP contribution is 2.40. The molecule has 1 nitrogen and oxygen atoms in total. The average Bonchev–Trinajstić information content (AvgIpc) is 2.60. The first-order chi connectivity index (χ1) is 11.2. The van der Waals surface area contributed by atoms with E-state index in [1.165, 1.54) is 22.3 Å². The van der Waals surface area contributed by atoms with E-state index < -0.39 is 0 Å². The van der Waals surface area contributed by atoms with Gasteiger partial charge >= 0.3 is 0 Å². The van der Waals surface area contributed by atoms with Crippen molar-refractivity contribution in [2.45, 2.75) is 33.1 Å². The monoisotopic (exact) mass is 304 g/mol. The second-order valence-corrected chi connectivity index (χ2v) is 6.40. The largest absolute Gasteiger partial charge is 0.299 e. The Morgan fingerprint density at radius 3 is 1.91 bits per heavy atom. The van der Waals surface area contributed by atoms with Crippen molar-refractivity contribution in [3.05, 3.63) is 77.4 Å². The first-order valence-corrected chi connectivity index (χ1v) is 8.59. The maximum absolute atomic E-state index is 12.3. The fourth-order valence-electron chi connectivity index (χ4n) is 3.87. The molecule has 2 aromatic carbocycles. The minimum atomic E-state index is 0.168. The van der Waals surface area contributed by atoms with E-state index in [9.17, 15) is 4.79 Å². The van der Waals surface area contributed by atoms with Crippen LogP contribution in [0.25, 0.3) is 5.57 Å². The number of allylic oxidation sites excluding steroid dienone is 1. The summed E-state index contributed by atoms with van der Waals surface area (Å²) >= 11 is 0. The van der Waals surface area contributed by atoms with Crippen LogP contribution in [-0.4, -0.2) is 5.78 Å². The van der Waals surface area contributed by atoms with E-state index in [2.05, 4.69) is 74.5 Å². The van der Waals surface area contributed by atoms with Crippen LogP contribution in [0.4, 0.5) is 0 Å². The number of ketones is 1. The van der Waals surface area contributed by atoms with Crippen molar-refractivity contribution in [1.29, 1.82) is 0 Å². The van der Waals surface area contributed by atoms with Gasteiger partial charge in [0.05, 0.1) is 0 Å². The Hall–Kier alpha value is -2.15. The lowest BCUT2D eigenvalue weighted by Crippen LogP contribution is -2.28. The van der Waals surface area contributed by atoms with Crippen LogP contribution in [0.1, 0.15) is 44.2 Å². The normalized spacial score (nSPS) is 21.3. The molecule has 0 saturated heterocycles. The smallest absolute Gasteiger partial charge is 0.136 e. The minimum absolute atomic E-state index is 0.168.